The van der Waals surface area contributed by atoms with Gasteiger partial charge >= 0.3 is 0 Å². The molecule has 1 atom stereocenters. The van der Waals surface area contributed by atoms with Crippen LogP contribution in [0.15, 0.2) is 12.7 Å². The topological polar surface area (TPSA) is 60.2 Å². The summed E-state index contributed by atoms with van der Waals surface area (Å²) in [6.45, 7) is 3.50. The first-order valence-corrected chi connectivity index (χ1v) is 3.55. The largest absolute Gasteiger partial charge is 0.370 e. The normalized spacial score (nSPS) is 12.0. The van der Waals surface area contributed by atoms with Crippen LogP contribution in [-0.2, 0) is 9.59 Å². The molecular formula is C8H13NO2. The highest BCUT2D eigenvalue weighted by atomic mass is 16.1. The van der Waals surface area contributed by atoms with Crippen LogP contribution in [0, 0.1) is 5.92 Å². The van der Waals surface area contributed by atoms with Gasteiger partial charge in [-0.25, -0.2) is 0 Å². The van der Waals surface area contributed by atoms with Crippen LogP contribution in [0.1, 0.15) is 19.3 Å². The lowest BCUT2D eigenvalue weighted by molar-refractivity contribution is -0.118. The lowest BCUT2D eigenvalue weighted by Gasteiger charge is -2.03. The highest BCUT2D eigenvalue weighted by Gasteiger charge is 2.05. The Morgan fingerprint density at radius 3 is 2.64 bits per heavy atom. The van der Waals surface area contributed by atoms with E-state index in [9.17, 15) is 9.59 Å². The van der Waals surface area contributed by atoms with E-state index in [2.05, 4.69) is 6.58 Å². The molecule has 0 saturated carbocycles. The Hall–Kier alpha value is -1.12. The van der Waals surface area contributed by atoms with Crippen LogP contribution in [0.4, 0.5) is 0 Å². The van der Waals surface area contributed by atoms with Crippen molar-refractivity contribution in [2.75, 3.05) is 0 Å². The van der Waals surface area contributed by atoms with Gasteiger partial charge in [0.25, 0.3) is 0 Å². The fourth-order valence-electron chi connectivity index (χ4n) is 0.783. The molecule has 62 valence electrons. The molecular weight excluding hydrogens is 142 g/mol. The Balaban J connectivity index is 3.59. The third-order valence-electron chi connectivity index (χ3n) is 1.42. The average Bonchev–Trinajstić information content (AvgIpc) is 1.97. The molecule has 0 aromatic heterocycles. The fourth-order valence-corrected chi connectivity index (χ4v) is 0.783. The summed E-state index contributed by atoms with van der Waals surface area (Å²) in [5.74, 6) is -0.457. The Labute approximate surface area is 66.3 Å². The van der Waals surface area contributed by atoms with Gasteiger partial charge in [-0.15, -0.1) is 6.58 Å². The van der Waals surface area contributed by atoms with Crippen LogP contribution in [0.2, 0.25) is 0 Å². The van der Waals surface area contributed by atoms with E-state index in [4.69, 9.17) is 5.73 Å². The van der Waals surface area contributed by atoms with Gasteiger partial charge in [0, 0.05) is 12.3 Å². The van der Waals surface area contributed by atoms with Crippen molar-refractivity contribution < 1.29 is 9.59 Å². The van der Waals surface area contributed by atoms with Crippen molar-refractivity contribution >= 4 is 12.2 Å². The fraction of sp³-hybridized carbons (Fsp3) is 0.500. The number of allylic oxidation sites excluding steroid dienone is 1. The number of primary amides is 1. The third-order valence-corrected chi connectivity index (χ3v) is 1.42. The van der Waals surface area contributed by atoms with Crippen molar-refractivity contribution in [2.45, 2.75) is 19.3 Å². The molecule has 0 aliphatic rings. The highest BCUT2D eigenvalue weighted by molar-refractivity contribution is 5.74. The van der Waals surface area contributed by atoms with Crippen molar-refractivity contribution in [3.8, 4) is 0 Å². The van der Waals surface area contributed by atoms with E-state index in [1.807, 2.05) is 0 Å². The van der Waals surface area contributed by atoms with Crippen LogP contribution in [0.5, 0.6) is 0 Å². The number of hydrogen-bond acceptors (Lipinski definition) is 2. The van der Waals surface area contributed by atoms with Gasteiger partial charge in [0.15, 0.2) is 0 Å². The van der Waals surface area contributed by atoms with Gasteiger partial charge in [0.05, 0.1) is 0 Å². The van der Waals surface area contributed by atoms with Gasteiger partial charge in [-0.2, -0.15) is 0 Å². The van der Waals surface area contributed by atoms with Crippen LogP contribution in [-0.4, -0.2) is 12.2 Å². The molecule has 0 rings (SSSR count). The van der Waals surface area contributed by atoms with E-state index in [1.165, 1.54) is 0 Å². The Kier molecular flexibility index (Phi) is 5.07. The molecule has 3 nitrogen and oxygen atoms in total. The molecule has 0 bridgehead atoms. The van der Waals surface area contributed by atoms with Gasteiger partial charge < -0.3 is 10.5 Å². The maximum absolute atomic E-state index is 10.3. The molecule has 0 aromatic carbocycles. The molecule has 0 aromatic rings. The summed E-state index contributed by atoms with van der Waals surface area (Å²) in [4.78, 5) is 20.6. The molecule has 0 spiro atoms. The summed E-state index contributed by atoms with van der Waals surface area (Å²) in [7, 11) is 0. The number of hydrogen-bond donors (Lipinski definition) is 1. The minimum Gasteiger partial charge on any atom is -0.370 e. The second-order valence-corrected chi connectivity index (χ2v) is 2.43. The first-order valence-electron chi connectivity index (χ1n) is 3.55. The quantitative estimate of drug-likeness (QED) is 0.452. The number of nitrogens with two attached hydrogens (primary N) is 1. The molecule has 0 fully saturated rings. The zero-order valence-corrected chi connectivity index (χ0v) is 6.45. The summed E-state index contributed by atoms with van der Waals surface area (Å²) in [5, 5.41) is 0. The molecule has 0 radical (unpaired) electrons. The van der Waals surface area contributed by atoms with Crippen molar-refractivity contribution in [3.63, 3.8) is 0 Å². The highest BCUT2D eigenvalue weighted by Crippen LogP contribution is 2.07. The molecule has 3 heteroatoms. The molecule has 2 N–H and O–H groups in total. The SMILES string of the molecule is C=CCC(C=O)CCC(N)=O. The Bertz CT molecular complexity index is 154. The number of carbonyl (C=O) groups is 2. The predicted molar refractivity (Wildman–Crippen MR) is 42.8 cm³/mol. The zero-order valence-electron chi connectivity index (χ0n) is 6.45. The Morgan fingerprint density at radius 2 is 2.27 bits per heavy atom. The Morgan fingerprint density at radius 1 is 1.64 bits per heavy atom. The van der Waals surface area contributed by atoms with Gasteiger partial charge in [-0.1, -0.05) is 6.08 Å². The first-order chi connectivity index (χ1) is 5.20. The lowest BCUT2D eigenvalue weighted by Crippen LogP contribution is -2.13. The second-order valence-electron chi connectivity index (χ2n) is 2.43. The number of rotatable bonds is 6. The third kappa shape index (κ3) is 5.33. The maximum atomic E-state index is 10.3. The van der Waals surface area contributed by atoms with Crippen molar-refractivity contribution in [3.05, 3.63) is 12.7 Å². The number of carbonyl (C=O) groups excluding carboxylic acids is 2. The molecule has 11 heavy (non-hydrogen) atoms. The molecule has 0 aliphatic heterocycles. The summed E-state index contributed by atoms with van der Waals surface area (Å²) in [6, 6.07) is 0. The van der Waals surface area contributed by atoms with Crippen molar-refractivity contribution in [1.82, 2.24) is 0 Å². The zero-order chi connectivity index (χ0) is 8.69. The van der Waals surface area contributed by atoms with E-state index in [1.54, 1.807) is 6.08 Å². The lowest BCUT2D eigenvalue weighted by atomic mass is 10.0. The van der Waals surface area contributed by atoms with E-state index >= 15 is 0 Å². The standard InChI is InChI=1S/C8H13NO2/c1-2-3-7(6-10)4-5-8(9)11/h2,6-7H,1,3-5H2,(H2,9,11). The van der Waals surface area contributed by atoms with Crippen LogP contribution in [0.3, 0.4) is 0 Å². The smallest absolute Gasteiger partial charge is 0.217 e. The second kappa shape index (κ2) is 5.65. The number of amides is 1. The van der Waals surface area contributed by atoms with Crippen LogP contribution >= 0.6 is 0 Å². The minimum absolute atomic E-state index is 0.0972. The average molecular weight is 155 g/mol. The van der Waals surface area contributed by atoms with Gasteiger partial charge in [0.2, 0.25) is 5.91 Å². The summed E-state index contributed by atoms with van der Waals surface area (Å²) in [6.07, 6.45) is 3.93. The summed E-state index contributed by atoms with van der Waals surface area (Å²) in [5.41, 5.74) is 4.91. The molecule has 0 saturated heterocycles. The molecule has 1 amide bonds. The van der Waals surface area contributed by atoms with Crippen molar-refractivity contribution in [2.24, 2.45) is 11.7 Å². The van der Waals surface area contributed by atoms with Crippen LogP contribution < -0.4 is 5.73 Å². The van der Waals surface area contributed by atoms with Gasteiger partial charge in [0.1, 0.15) is 6.29 Å². The summed E-state index contributed by atoms with van der Waals surface area (Å²) < 4.78 is 0. The monoisotopic (exact) mass is 155 g/mol. The molecule has 0 aliphatic carbocycles. The molecule has 1 unspecified atom stereocenters. The van der Waals surface area contributed by atoms with E-state index in [0.29, 0.717) is 12.8 Å². The summed E-state index contributed by atoms with van der Waals surface area (Å²) >= 11 is 0. The number of aldehydes is 1. The van der Waals surface area contributed by atoms with E-state index in [-0.39, 0.29) is 18.2 Å². The minimum atomic E-state index is -0.360. The van der Waals surface area contributed by atoms with Gasteiger partial charge in [-0.05, 0) is 12.8 Å². The first kappa shape index (κ1) is 9.88. The van der Waals surface area contributed by atoms with Crippen LogP contribution in [0.25, 0.3) is 0 Å². The van der Waals surface area contributed by atoms with E-state index in [0.717, 1.165) is 6.29 Å². The van der Waals surface area contributed by atoms with Gasteiger partial charge in [-0.3, -0.25) is 4.79 Å². The maximum Gasteiger partial charge on any atom is 0.217 e. The predicted octanol–water partition coefficient (Wildman–Crippen LogP) is 0.643. The molecule has 0 heterocycles. The van der Waals surface area contributed by atoms with Crippen molar-refractivity contribution in [1.29, 1.82) is 0 Å². The van der Waals surface area contributed by atoms with E-state index < -0.39 is 0 Å².